The normalized spacial score (nSPS) is 15.0. The summed E-state index contributed by atoms with van der Waals surface area (Å²) in [4.78, 5) is 26.0. The summed E-state index contributed by atoms with van der Waals surface area (Å²) in [5.74, 6) is 0.894. The van der Waals surface area contributed by atoms with Gasteiger partial charge in [0, 0.05) is 31.1 Å². The monoisotopic (exact) mass is 470 g/mol. The summed E-state index contributed by atoms with van der Waals surface area (Å²) in [6.45, 7) is 2.09. The highest BCUT2D eigenvalue weighted by molar-refractivity contribution is 5.76. The van der Waals surface area contributed by atoms with E-state index < -0.39 is 0 Å². The van der Waals surface area contributed by atoms with E-state index in [2.05, 4.69) is 6.92 Å². The maximum Gasteiger partial charge on any atom is 0.272 e. The zero-order chi connectivity index (χ0) is 24.5. The molecule has 1 aliphatic rings. The van der Waals surface area contributed by atoms with Crippen LogP contribution in [0.25, 0.3) is 0 Å². The molecule has 0 heterocycles. The molecule has 0 aromatic heterocycles. The molecule has 1 saturated carbocycles. The summed E-state index contributed by atoms with van der Waals surface area (Å²) in [5, 5.41) is 11.7. The van der Waals surface area contributed by atoms with Crippen LogP contribution < -0.4 is 4.74 Å². The Morgan fingerprint density at radius 3 is 2.44 bits per heavy atom. The second-order valence-corrected chi connectivity index (χ2v) is 9.30. The first kappa shape index (κ1) is 25.7. The Balaban J connectivity index is 1.69. The van der Waals surface area contributed by atoms with Crippen molar-refractivity contribution in [3.63, 3.8) is 0 Å². The fourth-order valence-corrected chi connectivity index (χ4v) is 4.85. The van der Waals surface area contributed by atoms with E-state index in [4.69, 9.17) is 4.74 Å². The molecule has 184 valence electrons. The highest BCUT2D eigenvalue weighted by Crippen LogP contribution is 2.32. The van der Waals surface area contributed by atoms with Crippen LogP contribution >= 0.6 is 0 Å². The van der Waals surface area contributed by atoms with Gasteiger partial charge >= 0.3 is 0 Å². The summed E-state index contributed by atoms with van der Waals surface area (Å²) < 4.78 is 19.0. The number of rotatable bonds is 11. The van der Waals surface area contributed by atoms with E-state index in [0.29, 0.717) is 42.4 Å². The van der Waals surface area contributed by atoms with Crippen molar-refractivity contribution in [1.82, 2.24) is 4.90 Å². The molecule has 1 unspecified atom stereocenters. The predicted molar refractivity (Wildman–Crippen MR) is 131 cm³/mol. The fraction of sp³-hybridized carbons (Fsp3) is 0.519. The smallest absolute Gasteiger partial charge is 0.272 e. The van der Waals surface area contributed by atoms with Crippen molar-refractivity contribution in [3.05, 3.63) is 64.0 Å². The Bertz CT molecular complexity index is 958. The standard InChI is InChI=1S/C27H35FN2O4/c1-3-7-20(10-17-27(31)29(2)23-8-5-4-6-9-23)18-21-19-25(15-16-26(21)30(32)33)34-24-13-11-22(28)12-14-24/h11-16,19-20,23H,3-10,17-18H2,1-2H3. The number of nitrogens with zero attached hydrogens (tertiary/aromatic N) is 2. The minimum absolute atomic E-state index is 0.0539. The maximum absolute atomic E-state index is 13.2. The van der Waals surface area contributed by atoms with E-state index in [0.717, 1.165) is 25.7 Å². The molecule has 0 bridgehead atoms. The molecule has 7 heteroatoms. The molecule has 1 aliphatic carbocycles. The average molecular weight is 471 g/mol. The van der Waals surface area contributed by atoms with Crippen molar-refractivity contribution in [2.75, 3.05) is 7.05 Å². The van der Waals surface area contributed by atoms with Gasteiger partial charge in [-0.3, -0.25) is 14.9 Å². The summed E-state index contributed by atoms with van der Waals surface area (Å²) in [6.07, 6.45) is 9.26. The molecule has 2 aromatic carbocycles. The summed E-state index contributed by atoms with van der Waals surface area (Å²) in [5.41, 5.74) is 0.648. The highest BCUT2D eigenvalue weighted by atomic mass is 19.1. The van der Waals surface area contributed by atoms with Gasteiger partial charge in [-0.1, -0.05) is 39.0 Å². The quantitative estimate of drug-likeness (QED) is 0.260. The van der Waals surface area contributed by atoms with Crippen LogP contribution in [0.3, 0.4) is 0 Å². The predicted octanol–water partition coefficient (Wildman–Crippen LogP) is 7.06. The molecule has 34 heavy (non-hydrogen) atoms. The molecule has 0 radical (unpaired) electrons. The second kappa shape index (κ2) is 12.5. The number of hydrogen-bond donors (Lipinski definition) is 0. The average Bonchev–Trinajstić information content (AvgIpc) is 2.84. The van der Waals surface area contributed by atoms with Crippen LogP contribution in [0.1, 0.15) is 70.3 Å². The lowest BCUT2D eigenvalue weighted by Gasteiger charge is -2.31. The van der Waals surface area contributed by atoms with Gasteiger partial charge in [0.15, 0.2) is 0 Å². The number of halogens is 1. The molecule has 0 aliphatic heterocycles. The first-order valence-corrected chi connectivity index (χ1v) is 12.3. The number of hydrogen-bond acceptors (Lipinski definition) is 4. The van der Waals surface area contributed by atoms with Gasteiger partial charge in [-0.15, -0.1) is 0 Å². The molecular weight excluding hydrogens is 435 g/mol. The van der Waals surface area contributed by atoms with Crippen LogP contribution in [-0.2, 0) is 11.2 Å². The molecule has 0 N–H and O–H groups in total. The number of carbonyl (C=O) groups is 1. The zero-order valence-corrected chi connectivity index (χ0v) is 20.2. The minimum atomic E-state index is -0.373. The third-order valence-corrected chi connectivity index (χ3v) is 6.78. The van der Waals surface area contributed by atoms with Crippen molar-refractivity contribution in [2.45, 2.75) is 77.2 Å². The van der Waals surface area contributed by atoms with Crippen molar-refractivity contribution in [2.24, 2.45) is 5.92 Å². The van der Waals surface area contributed by atoms with Crippen molar-refractivity contribution >= 4 is 11.6 Å². The molecular formula is C27H35FN2O4. The highest BCUT2D eigenvalue weighted by Gasteiger charge is 2.24. The van der Waals surface area contributed by atoms with Gasteiger partial charge in [0.2, 0.25) is 5.91 Å². The Kier molecular flexibility index (Phi) is 9.42. The third-order valence-electron chi connectivity index (χ3n) is 6.78. The van der Waals surface area contributed by atoms with Gasteiger partial charge in [0.25, 0.3) is 5.69 Å². The fourth-order valence-electron chi connectivity index (χ4n) is 4.85. The van der Waals surface area contributed by atoms with E-state index >= 15 is 0 Å². The van der Waals surface area contributed by atoms with Gasteiger partial charge in [-0.25, -0.2) is 4.39 Å². The lowest BCUT2D eigenvalue weighted by atomic mass is 9.89. The molecule has 0 saturated heterocycles. The number of amides is 1. The van der Waals surface area contributed by atoms with Crippen LogP contribution in [0.4, 0.5) is 10.1 Å². The minimum Gasteiger partial charge on any atom is -0.457 e. The molecule has 1 atom stereocenters. The molecule has 6 nitrogen and oxygen atoms in total. The first-order valence-electron chi connectivity index (χ1n) is 12.3. The summed E-state index contributed by atoms with van der Waals surface area (Å²) >= 11 is 0. The van der Waals surface area contributed by atoms with Crippen molar-refractivity contribution < 1.29 is 18.8 Å². The van der Waals surface area contributed by atoms with Crippen LogP contribution in [0.2, 0.25) is 0 Å². The first-order chi connectivity index (χ1) is 16.4. The Hall–Kier alpha value is -2.96. The number of ether oxygens (including phenoxy) is 1. The zero-order valence-electron chi connectivity index (χ0n) is 20.2. The molecule has 1 amide bonds. The molecule has 3 rings (SSSR count). The van der Waals surface area contributed by atoms with E-state index in [1.54, 1.807) is 12.1 Å². The molecule has 2 aromatic rings. The number of nitro benzene ring substituents is 1. The van der Waals surface area contributed by atoms with Gasteiger partial charge in [0.05, 0.1) is 4.92 Å². The van der Waals surface area contributed by atoms with Gasteiger partial charge < -0.3 is 9.64 Å². The van der Waals surface area contributed by atoms with E-state index in [-0.39, 0.29) is 28.3 Å². The Morgan fingerprint density at radius 2 is 1.79 bits per heavy atom. The van der Waals surface area contributed by atoms with Crippen LogP contribution in [-0.4, -0.2) is 28.8 Å². The number of nitro groups is 1. The maximum atomic E-state index is 13.2. The summed E-state index contributed by atoms with van der Waals surface area (Å²) in [7, 11) is 1.91. The second-order valence-electron chi connectivity index (χ2n) is 9.30. The Labute approximate surface area is 201 Å². The van der Waals surface area contributed by atoms with Crippen LogP contribution in [0, 0.1) is 21.8 Å². The van der Waals surface area contributed by atoms with Gasteiger partial charge in [-0.05, 0) is 68.0 Å². The lowest BCUT2D eigenvalue weighted by Crippen LogP contribution is -2.38. The molecule has 0 spiro atoms. The van der Waals surface area contributed by atoms with Crippen molar-refractivity contribution in [1.29, 1.82) is 0 Å². The number of carbonyl (C=O) groups excluding carboxylic acids is 1. The van der Waals surface area contributed by atoms with Crippen LogP contribution in [0.5, 0.6) is 11.5 Å². The van der Waals surface area contributed by atoms with Gasteiger partial charge in [0.1, 0.15) is 17.3 Å². The Morgan fingerprint density at radius 1 is 1.12 bits per heavy atom. The topological polar surface area (TPSA) is 72.7 Å². The van der Waals surface area contributed by atoms with E-state index in [1.165, 1.54) is 49.6 Å². The van der Waals surface area contributed by atoms with Crippen molar-refractivity contribution in [3.8, 4) is 11.5 Å². The van der Waals surface area contributed by atoms with E-state index in [9.17, 15) is 19.3 Å². The largest absolute Gasteiger partial charge is 0.457 e. The SMILES string of the molecule is CCCC(CCC(=O)N(C)C1CCCCC1)Cc1cc(Oc2ccc(F)cc2)ccc1[N+](=O)[O-]. The number of benzene rings is 2. The third kappa shape index (κ3) is 7.27. The van der Waals surface area contributed by atoms with Gasteiger partial charge in [-0.2, -0.15) is 0 Å². The summed E-state index contributed by atoms with van der Waals surface area (Å²) in [6, 6.07) is 10.7. The van der Waals surface area contributed by atoms with E-state index in [1.807, 2.05) is 11.9 Å². The van der Waals surface area contributed by atoms with Crippen LogP contribution in [0.15, 0.2) is 42.5 Å². The molecule has 1 fully saturated rings. The lowest BCUT2D eigenvalue weighted by molar-refractivity contribution is -0.385.